The van der Waals surface area contributed by atoms with Crippen molar-refractivity contribution in [2.24, 2.45) is 0 Å². The van der Waals surface area contributed by atoms with Gasteiger partial charge in [-0.25, -0.2) is 0 Å². The van der Waals surface area contributed by atoms with E-state index in [-0.39, 0.29) is 19.1 Å². The second-order valence-electron chi connectivity index (χ2n) is 2.84. The van der Waals surface area contributed by atoms with E-state index in [4.69, 9.17) is 15.1 Å². The Balaban J connectivity index is 3.88. The smallest absolute Gasteiger partial charge is 0.108 e. The third-order valence-electron chi connectivity index (χ3n) is 1.36. The number of rotatable bonds is 5. The molecule has 0 aliphatic rings. The highest BCUT2D eigenvalue weighted by atomic mass is 16.5. The van der Waals surface area contributed by atoms with E-state index < -0.39 is 12.2 Å². The molecular formula is C8H15NO3. The molecule has 0 unspecified atom stereocenters. The van der Waals surface area contributed by atoms with Crippen molar-refractivity contribution in [2.45, 2.75) is 38.6 Å². The molecule has 70 valence electrons. The van der Waals surface area contributed by atoms with Gasteiger partial charge in [0.25, 0.3) is 0 Å². The summed E-state index contributed by atoms with van der Waals surface area (Å²) in [4.78, 5) is 0. The zero-order valence-corrected chi connectivity index (χ0v) is 7.40. The molecule has 0 heterocycles. The van der Waals surface area contributed by atoms with E-state index in [0.717, 1.165) is 0 Å². The summed E-state index contributed by atoms with van der Waals surface area (Å²) in [6, 6.07) is 1.81. The first-order valence-electron chi connectivity index (χ1n) is 3.93. The van der Waals surface area contributed by atoms with Crippen LogP contribution in [0.5, 0.6) is 0 Å². The fourth-order valence-electron chi connectivity index (χ4n) is 0.830. The molecule has 0 rings (SSSR count). The molecule has 2 N–H and O–H groups in total. The molecule has 0 spiro atoms. The summed E-state index contributed by atoms with van der Waals surface area (Å²) >= 11 is 0. The molecule has 0 aromatic heterocycles. The lowest BCUT2D eigenvalue weighted by atomic mass is 10.1. The lowest BCUT2D eigenvalue weighted by Crippen LogP contribution is -2.34. The fraction of sp³-hybridized carbons (Fsp3) is 0.875. The second kappa shape index (κ2) is 5.95. The molecule has 0 amide bonds. The molecule has 0 saturated heterocycles. The summed E-state index contributed by atoms with van der Waals surface area (Å²) in [5.74, 6) is 0. The normalized spacial score (nSPS) is 15.7. The van der Waals surface area contributed by atoms with Crippen LogP contribution in [0.3, 0.4) is 0 Å². The molecule has 0 bridgehead atoms. The van der Waals surface area contributed by atoms with Crippen molar-refractivity contribution in [3.63, 3.8) is 0 Å². The van der Waals surface area contributed by atoms with Gasteiger partial charge in [0.15, 0.2) is 0 Å². The van der Waals surface area contributed by atoms with Crippen LogP contribution in [0.4, 0.5) is 0 Å². The summed E-state index contributed by atoms with van der Waals surface area (Å²) in [5.41, 5.74) is 0. The van der Waals surface area contributed by atoms with Crippen molar-refractivity contribution < 1.29 is 14.9 Å². The van der Waals surface area contributed by atoms with Gasteiger partial charge >= 0.3 is 0 Å². The molecule has 0 saturated carbocycles. The maximum Gasteiger partial charge on any atom is 0.108 e. The second-order valence-corrected chi connectivity index (χ2v) is 2.84. The Labute approximate surface area is 72.4 Å². The van der Waals surface area contributed by atoms with E-state index in [1.807, 2.05) is 19.9 Å². The van der Waals surface area contributed by atoms with Gasteiger partial charge in [-0.15, -0.1) is 0 Å². The number of nitriles is 1. The Hall–Kier alpha value is -0.630. The van der Waals surface area contributed by atoms with E-state index >= 15 is 0 Å². The average molecular weight is 173 g/mol. The SMILES string of the molecule is CC(C)O[C@H](CO)[C@@H](O)CC#N. The molecule has 4 heteroatoms. The molecule has 0 aromatic carbocycles. The number of aliphatic hydroxyl groups excluding tert-OH is 2. The average Bonchev–Trinajstić information content (AvgIpc) is 2.00. The first-order chi connectivity index (χ1) is 5.61. The van der Waals surface area contributed by atoms with Crippen LogP contribution in [0, 0.1) is 11.3 Å². The van der Waals surface area contributed by atoms with E-state index in [0.29, 0.717) is 0 Å². The first kappa shape index (κ1) is 11.4. The maximum absolute atomic E-state index is 9.25. The molecule has 0 aliphatic carbocycles. The molecule has 2 atom stereocenters. The van der Waals surface area contributed by atoms with E-state index in [1.165, 1.54) is 0 Å². The van der Waals surface area contributed by atoms with Gasteiger partial charge in [-0.2, -0.15) is 5.26 Å². The Morgan fingerprint density at radius 1 is 1.50 bits per heavy atom. The largest absolute Gasteiger partial charge is 0.394 e. The van der Waals surface area contributed by atoms with Crippen molar-refractivity contribution in [2.75, 3.05) is 6.61 Å². The van der Waals surface area contributed by atoms with Crippen LogP contribution in [0.15, 0.2) is 0 Å². The Bertz CT molecular complexity index is 153. The van der Waals surface area contributed by atoms with Crippen molar-refractivity contribution >= 4 is 0 Å². The summed E-state index contributed by atoms with van der Waals surface area (Å²) < 4.78 is 5.16. The van der Waals surface area contributed by atoms with Crippen molar-refractivity contribution in [3.8, 4) is 6.07 Å². The number of hydrogen-bond acceptors (Lipinski definition) is 4. The topological polar surface area (TPSA) is 73.5 Å². The zero-order valence-electron chi connectivity index (χ0n) is 7.40. The highest BCUT2D eigenvalue weighted by Gasteiger charge is 2.19. The van der Waals surface area contributed by atoms with Crippen LogP contribution in [0.1, 0.15) is 20.3 Å². The van der Waals surface area contributed by atoms with Gasteiger partial charge in [0, 0.05) is 0 Å². The minimum Gasteiger partial charge on any atom is -0.394 e. The number of aliphatic hydroxyl groups is 2. The van der Waals surface area contributed by atoms with Gasteiger partial charge in [-0.3, -0.25) is 0 Å². The minimum atomic E-state index is -0.901. The zero-order chi connectivity index (χ0) is 9.56. The van der Waals surface area contributed by atoms with Crippen LogP contribution in [-0.4, -0.2) is 35.1 Å². The molecular weight excluding hydrogens is 158 g/mol. The number of hydrogen-bond donors (Lipinski definition) is 2. The van der Waals surface area contributed by atoms with Gasteiger partial charge in [-0.05, 0) is 13.8 Å². The van der Waals surface area contributed by atoms with Crippen molar-refractivity contribution in [1.29, 1.82) is 5.26 Å². The van der Waals surface area contributed by atoms with Crippen molar-refractivity contribution in [1.82, 2.24) is 0 Å². The van der Waals surface area contributed by atoms with E-state index in [1.54, 1.807) is 0 Å². The molecule has 4 nitrogen and oxygen atoms in total. The fourth-order valence-corrected chi connectivity index (χ4v) is 0.830. The lowest BCUT2D eigenvalue weighted by Gasteiger charge is -2.21. The lowest BCUT2D eigenvalue weighted by molar-refractivity contribution is -0.0853. The van der Waals surface area contributed by atoms with Crippen molar-refractivity contribution in [3.05, 3.63) is 0 Å². The monoisotopic (exact) mass is 173 g/mol. The third kappa shape index (κ3) is 4.29. The van der Waals surface area contributed by atoms with Crippen LogP contribution < -0.4 is 0 Å². The minimum absolute atomic E-state index is 0.0159. The summed E-state index contributed by atoms with van der Waals surface area (Å²) in [7, 11) is 0. The Morgan fingerprint density at radius 2 is 2.08 bits per heavy atom. The quantitative estimate of drug-likeness (QED) is 0.616. The predicted molar refractivity (Wildman–Crippen MR) is 43.3 cm³/mol. The first-order valence-corrected chi connectivity index (χ1v) is 3.93. The van der Waals surface area contributed by atoms with Crippen LogP contribution in [0.2, 0.25) is 0 Å². The standard InChI is InChI=1S/C8H15NO3/c1-6(2)12-8(5-10)7(11)3-4-9/h6-8,10-11H,3,5H2,1-2H3/t7-,8+/m0/s1. The van der Waals surface area contributed by atoms with Gasteiger partial charge in [-0.1, -0.05) is 0 Å². The third-order valence-corrected chi connectivity index (χ3v) is 1.36. The highest BCUT2D eigenvalue weighted by Crippen LogP contribution is 2.05. The summed E-state index contributed by atoms with van der Waals surface area (Å²) in [6.07, 6.45) is -1.62. The van der Waals surface area contributed by atoms with E-state index in [9.17, 15) is 5.11 Å². The molecule has 0 radical (unpaired) electrons. The van der Waals surface area contributed by atoms with Crippen LogP contribution >= 0.6 is 0 Å². The Kier molecular flexibility index (Phi) is 5.64. The number of nitrogens with zero attached hydrogens (tertiary/aromatic N) is 1. The number of ether oxygens (including phenoxy) is 1. The molecule has 0 aromatic rings. The van der Waals surface area contributed by atoms with Crippen LogP contribution in [0.25, 0.3) is 0 Å². The predicted octanol–water partition coefficient (Wildman–Crippen LogP) is 0.0469. The van der Waals surface area contributed by atoms with Gasteiger partial charge in [0.2, 0.25) is 0 Å². The summed E-state index contributed by atoms with van der Waals surface area (Å²) in [6.45, 7) is 3.35. The molecule has 12 heavy (non-hydrogen) atoms. The molecule has 0 aliphatic heterocycles. The maximum atomic E-state index is 9.25. The van der Waals surface area contributed by atoms with Gasteiger partial charge in [0.1, 0.15) is 6.10 Å². The Morgan fingerprint density at radius 3 is 2.42 bits per heavy atom. The van der Waals surface area contributed by atoms with E-state index in [2.05, 4.69) is 0 Å². The van der Waals surface area contributed by atoms with Gasteiger partial charge < -0.3 is 14.9 Å². The van der Waals surface area contributed by atoms with Gasteiger partial charge in [0.05, 0.1) is 31.3 Å². The van der Waals surface area contributed by atoms with Crippen LogP contribution in [-0.2, 0) is 4.74 Å². The molecule has 0 fully saturated rings. The summed E-state index contributed by atoms with van der Waals surface area (Å²) in [5, 5.41) is 26.3. The highest BCUT2D eigenvalue weighted by molar-refractivity contribution is 4.80.